The molecule has 2 aromatic carbocycles. The van der Waals surface area contributed by atoms with Gasteiger partial charge >= 0.3 is 0 Å². The van der Waals surface area contributed by atoms with Crippen LogP contribution in [0.2, 0.25) is 5.02 Å². The minimum Gasteiger partial charge on any atom is -0.379 e. The number of piperidine rings is 1. The van der Waals surface area contributed by atoms with Crippen molar-refractivity contribution in [1.29, 1.82) is 0 Å². The van der Waals surface area contributed by atoms with Crippen LogP contribution in [0.25, 0.3) is 0 Å². The molecule has 206 valence electrons. The van der Waals surface area contributed by atoms with Gasteiger partial charge in [0, 0.05) is 48.8 Å². The lowest BCUT2D eigenvalue weighted by atomic mass is 10.0. The Hall–Kier alpha value is -2.97. The number of ether oxygens (including phenoxy) is 1. The third-order valence-electron chi connectivity index (χ3n) is 7.18. The molecule has 1 aromatic heterocycles. The zero-order chi connectivity index (χ0) is 27.4. The second-order valence-corrected chi connectivity index (χ2v) is 13.8. The normalized spacial score (nSPS) is 17.2. The Bertz CT molecular complexity index is 1350. The van der Waals surface area contributed by atoms with E-state index in [0.717, 1.165) is 63.2 Å². The van der Waals surface area contributed by atoms with Crippen LogP contribution in [0.4, 0.5) is 23.1 Å². The molecule has 39 heavy (non-hydrogen) atoms. The number of aromatic nitrogens is 2. The number of hydrogen-bond acceptors (Lipinski definition) is 8. The van der Waals surface area contributed by atoms with Crippen molar-refractivity contribution in [1.82, 2.24) is 19.8 Å². The van der Waals surface area contributed by atoms with Gasteiger partial charge in [0.1, 0.15) is 12.2 Å². The largest absolute Gasteiger partial charge is 0.379 e. The zero-order valence-electron chi connectivity index (χ0n) is 22.3. The molecular formula is C28H34ClN6O3P. The molecule has 5 rings (SSSR count). The fourth-order valence-electron chi connectivity index (χ4n) is 5.08. The van der Waals surface area contributed by atoms with Crippen molar-refractivity contribution >= 4 is 53.1 Å². The number of anilines is 4. The summed E-state index contributed by atoms with van der Waals surface area (Å²) in [5.74, 6) is 0.807. The van der Waals surface area contributed by atoms with Gasteiger partial charge in [-0.25, -0.2) is 4.98 Å². The SMILES string of the molecule is CP(C)(=O)c1ccccc1Nc1nc(Nc2ccc(C(=O)N3CCC(N4CCOCC4)CC3)cc2)ncc1Cl. The highest BCUT2D eigenvalue weighted by atomic mass is 35.5. The van der Waals surface area contributed by atoms with E-state index in [4.69, 9.17) is 16.3 Å². The maximum absolute atomic E-state index is 13.1. The van der Waals surface area contributed by atoms with E-state index >= 15 is 0 Å². The van der Waals surface area contributed by atoms with E-state index in [1.54, 1.807) is 13.3 Å². The molecule has 2 aliphatic heterocycles. The molecule has 2 aliphatic rings. The Morgan fingerprint density at radius 3 is 2.38 bits per heavy atom. The van der Waals surface area contributed by atoms with E-state index in [1.165, 1.54) is 6.20 Å². The van der Waals surface area contributed by atoms with Gasteiger partial charge < -0.3 is 24.8 Å². The molecule has 0 saturated carbocycles. The summed E-state index contributed by atoms with van der Waals surface area (Å²) in [7, 11) is -2.51. The minimum atomic E-state index is -2.51. The number of nitrogens with one attached hydrogen (secondary N) is 2. The first-order valence-electron chi connectivity index (χ1n) is 13.2. The average molecular weight is 569 g/mol. The Morgan fingerprint density at radius 2 is 1.69 bits per heavy atom. The molecule has 11 heteroatoms. The number of hydrogen-bond donors (Lipinski definition) is 2. The van der Waals surface area contributed by atoms with Gasteiger partial charge in [0.2, 0.25) is 5.95 Å². The summed E-state index contributed by atoms with van der Waals surface area (Å²) >= 11 is 6.36. The molecule has 0 unspecified atom stereocenters. The molecular weight excluding hydrogens is 535 g/mol. The second kappa shape index (κ2) is 12.0. The fraction of sp³-hybridized carbons (Fsp3) is 0.393. The number of morpholine rings is 1. The van der Waals surface area contributed by atoms with Gasteiger partial charge in [0.25, 0.3) is 5.91 Å². The van der Waals surface area contributed by atoms with Crippen LogP contribution in [-0.4, -0.2) is 84.4 Å². The minimum absolute atomic E-state index is 0.0546. The van der Waals surface area contributed by atoms with Crippen molar-refractivity contribution in [2.24, 2.45) is 0 Å². The molecule has 0 bridgehead atoms. The topological polar surface area (TPSA) is 99.7 Å². The number of rotatable bonds is 7. The van der Waals surface area contributed by atoms with Crippen LogP contribution in [0.3, 0.4) is 0 Å². The summed E-state index contributed by atoms with van der Waals surface area (Å²) in [6.07, 6.45) is 3.50. The smallest absolute Gasteiger partial charge is 0.253 e. The van der Waals surface area contributed by atoms with Crippen molar-refractivity contribution in [2.45, 2.75) is 18.9 Å². The van der Waals surface area contributed by atoms with Gasteiger partial charge in [0.15, 0.2) is 5.82 Å². The second-order valence-electron chi connectivity index (χ2n) is 10.3. The van der Waals surface area contributed by atoms with Gasteiger partial charge in [-0.15, -0.1) is 0 Å². The van der Waals surface area contributed by atoms with Crippen molar-refractivity contribution in [2.75, 3.05) is 63.4 Å². The highest BCUT2D eigenvalue weighted by Gasteiger charge is 2.28. The Morgan fingerprint density at radius 1 is 1.00 bits per heavy atom. The lowest BCUT2D eigenvalue weighted by Gasteiger charge is -2.40. The number of carbonyl (C=O) groups is 1. The summed E-state index contributed by atoms with van der Waals surface area (Å²) in [5.41, 5.74) is 2.09. The molecule has 0 spiro atoms. The monoisotopic (exact) mass is 568 g/mol. The van der Waals surface area contributed by atoms with Gasteiger partial charge in [0.05, 0.1) is 25.1 Å². The van der Waals surface area contributed by atoms with Crippen molar-refractivity contribution in [3.05, 3.63) is 65.3 Å². The summed E-state index contributed by atoms with van der Waals surface area (Å²) in [6.45, 7) is 8.55. The maximum Gasteiger partial charge on any atom is 0.253 e. The van der Waals surface area contributed by atoms with E-state index in [2.05, 4.69) is 25.5 Å². The Balaban J connectivity index is 1.21. The van der Waals surface area contributed by atoms with Crippen LogP contribution in [0.1, 0.15) is 23.2 Å². The first kappa shape index (κ1) is 27.6. The molecule has 3 aromatic rings. The third kappa shape index (κ3) is 6.79. The van der Waals surface area contributed by atoms with Crippen LogP contribution in [0.5, 0.6) is 0 Å². The van der Waals surface area contributed by atoms with Crippen molar-refractivity contribution in [3.8, 4) is 0 Å². The predicted molar refractivity (Wildman–Crippen MR) is 157 cm³/mol. The Kier molecular flexibility index (Phi) is 8.52. The van der Waals surface area contributed by atoms with E-state index in [0.29, 0.717) is 34.1 Å². The molecule has 3 heterocycles. The van der Waals surface area contributed by atoms with E-state index in [-0.39, 0.29) is 5.91 Å². The van der Waals surface area contributed by atoms with Crippen molar-refractivity contribution < 1.29 is 14.1 Å². The van der Waals surface area contributed by atoms with Gasteiger partial charge in [-0.3, -0.25) is 9.69 Å². The lowest BCUT2D eigenvalue weighted by Crippen LogP contribution is -2.50. The van der Waals surface area contributed by atoms with E-state index in [9.17, 15) is 9.36 Å². The summed E-state index contributed by atoms with van der Waals surface area (Å²) in [6, 6.07) is 15.3. The van der Waals surface area contributed by atoms with Crippen LogP contribution in [0.15, 0.2) is 54.7 Å². The Labute approximate surface area is 234 Å². The third-order valence-corrected chi connectivity index (χ3v) is 9.01. The number of carbonyl (C=O) groups excluding carboxylic acids is 1. The fourth-order valence-corrected chi connectivity index (χ4v) is 6.37. The number of benzene rings is 2. The van der Waals surface area contributed by atoms with Gasteiger partial charge in [-0.05, 0) is 62.6 Å². The highest BCUT2D eigenvalue weighted by molar-refractivity contribution is 7.70. The molecule has 0 atom stereocenters. The van der Waals surface area contributed by atoms with Crippen LogP contribution in [-0.2, 0) is 9.30 Å². The van der Waals surface area contributed by atoms with E-state index < -0.39 is 7.14 Å². The first-order valence-corrected chi connectivity index (χ1v) is 16.2. The first-order chi connectivity index (χ1) is 18.8. The molecule has 2 fully saturated rings. The molecule has 0 radical (unpaired) electrons. The predicted octanol–water partition coefficient (Wildman–Crippen LogP) is 4.80. The number of nitrogens with zero attached hydrogens (tertiary/aromatic N) is 4. The zero-order valence-corrected chi connectivity index (χ0v) is 23.9. The molecule has 9 nitrogen and oxygen atoms in total. The molecule has 2 N–H and O–H groups in total. The molecule has 0 aliphatic carbocycles. The van der Waals surface area contributed by atoms with Gasteiger partial charge in [-0.2, -0.15) is 4.98 Å². The lowest BCUT2D eigenvalue weighted by molar-refractivity contribution is 0.00159. The van der Waals surface area contributed by atoms with Crippen LogP contribution >= 0.6 is 18.7 Å². The van der Waals surface area contributed by atoms with Crippen LogP contribution in [0, 0.1) is 0 Å². The van der Waals surface area contributed by atoms with Crippen LogP contribution < -0.4 is 15.9 Å². The molecule has 1 amide bonds. The molecule has 2 saturated heterocycles. The summed E-state index contributed by atoms with van der Waals surface area (Å²) in [5, 5.41) is 7.44. The van der Waals surface area contributed by atoms with Crippen molar-refractivity contribution in [3.63, 3.8) is 0 Å². The average Bonchev–Trinajstić information content (AvgIpc) is 2.95. The quantitative estimate of drug-likeness (QED) is 0.392. The number of amides is 1. The highest BCUT2D eigenvalue weighted by Crippen LogP contribution is 2.38. The van der Waals surface area contributed by atoms with Gasteiger partial charge in [-0.1, -0.05) is 23.7 Å². The number of likely N-dealkylation sites (tertiary alicyclic amines) is 1. The maximum atomic E-state index is 13.1. The number of halogens is 1. The van der Waals surface area contributed by atoms with E-state index in [1.807, 2.05) is 53.4 Å². The standard InChI is InChI=1S/C28H34ClN6O3P/c1-39(2,37)25-6-4-3-5-24(25)32-26-23(29)19-30-28(33-26)31-21-9-7-20(8-10-21)27(36)35-13-11-22(12-14-35)34-15-17-38-18-16-34/h3-10,19,22H,11-18H2,1-2H3,(H2,30,31,32,33). The number of para-hydroxylation sites is 1. The summed E-state index contributed by atoms with van der Waals surface area (Å²) < 4.78 is 18.2. The summed E-state index contributed by atoms with van der Waals surface area (Å²) in [4.78, 5) is 26.4.